The molecule has 0 amide bonds. The Morgan fingerprint density at radius 3 is 2.69 bits per heavy atom. The molecule has 142 valence electrons. The Kier molecular flexibility index (Phi) is 4.27. The van der Waals surface area contributed by atoms with Crippen LogP contribution in [0.25, 0.3) is 0 Å². The predicted molar refractivity (Wildman–Crippen MR) is 98.2 cm³/mol. The van der Waals surface area contributed by atoms with Gasteiger partial charge in [-0.2, -0.15) is 0 Å². The van der Waals surface area contributed by atoms with E-state index in [1.165, 1.54) is 5.57 Å². The van der Waals surface area contributed by atoms with Gasteiger partial charge in [0.1, 0.15) is 6.61 Å². The zero-order chi connectivity index (χ0) is 18.7. The molecular weight excluding hydrogens is 328 g/mol. The zero-order valence-electron chi connectivity index (χ0n) is 15.8. The minimum Gasteiger partial charge on any atom is -0.396 e. The summed E-state index contributed by atoms with van der Waals surface area (Å²) < 4.78 is 0. The van der Waals surface area contributed by atoms with Gasteiger partial charge in [-0.05, 0) is 73.3 Å². The second-order valence-electron chi connectivity index (χ2n) is 9.43. The fourth-order valence-corrected chi connectivity index (χ4v) is 7.29. The van der Waals surface area contributed by atoms with Crippen LogP contribution in [0.2, 0.25) is 0 Å². The highest BCUT2D eigenvalue weighted by atomic mass is 16.3. The van der Waals surface area contributed by atoms with Gasteiger partial charge < -0.3 is 10.2 Å². The van der Waals surface area contributed by atoms with E-state index in [4.69, 9.17) is 0 Å². The first-order valence-electron chi connectivity index (χ1n) is 10.0. The third kappa shape index (κ3) is 2.34. The van der Waals surface area contributed by atoms with Gasteiger partial charge in [-0.3, -0.25) is 9.59 Å². The highest BCUT2D eigenvalue weighted by molar-refractivity contribution is 6.01. The van der Waals surface area contributed by atoms with Crippen molar-refractivity contribution in [3.8, 4) is 0 Å². The van der Waals surface area contributed by atoms with Gasteiger partial charge in [0, 0.05) is 17.9 Å². The van der Waals surface area contributed by atoms with Crippen LogP contribution in [0.15, 0.2) is 23.8 Å². The number of ketones is 2. The molecule has 4 nitrogen and oxygen atoms in total. The smallest absolute Gasteiger partial charge is 0.178 e. The van der Waals surface area contributed by atoms with Crippen molar-refractivity contribution in [3.63, 3.8) is 0 Å². The van der Waals surface area contributed by atoms with Crippen molar-refractivity contribution < 1.29 is 19.8 Å². The molecule has 0 unspecified atom stereocenters. The quantitative estimate of drug-likeness (QED) is 0.813. The van der Waals surface area contributed by atoms with Gasteiger partial charge in [-0.25, -0.2) is 0 Å². The van der Waals surface area contributed by atoms with Crippen LogP contribution < -0.4 is 0 Å². The average Bonchev–Trinajstić information content (AvgIpc) is 2.94. The molecule has 4 aliphatic carbocycles. The molecule has 0 aromatic carbocycles. The Morgan fingerprint density at radius 2 is 2.00 bits per heavy atom. The molecule has 0 aromatic rings. The van der Waals surface area contributed by atoms with Gasteiger partial charge in [0.15, 0.2) is 11.6 Å². The fraction of sp³-hybridized carbons (Fsp3) is 0.727. The largest absolute Gasteiger partial charge is 0.396 e. The number of rotatable bonds is 3. The van der Waals surface area contributed by atoms with Crippen LogP contribution in [-0.4, -0.2) is 35.0 Å². The van der Waals surface area contributed by atoms with Gasteiger partial charge in [-0.15, -0.1) is 0 Å². The number of hydrogen-bond donors (Lipinski definition) is 2. The summed E-state index contributed by atoms with van der Waals surface area (Å²) in [7, 11) is 0. The number of Topliss-reactive ketones (excluding diaryl/α,β-unsaturated/α-hetero) is 1. The van der Waals surface area contributed by atoms with Crippen molar-refractivity contribution in [1.29, 1.82) is 0 Å². The molecule has 3 saturated carbocycles. The minimum atomic E-state index is -0.424. The van der Waals surface area contributed by atoms with Crippen LogP contribution >= 0.6 is 0 Å². The Hall–Kier alpha value is -1.26. The first-order valence-corrected chi connectivity index (χ1v) is 10.0. The summed E-state index contributed by atoms with van der Waals surface area (Å²) in [5.74, 6) is 1.16. The molecule has 0 saturated heterocycles. The van der Waals surface area contributed by atoms with Crippen molar-refractivity contribution in [1.82, 2.24) is 0 Å². The summed E-state index contributed by atoms with van der Waals surface area (Å²) in [6.07, 6.45) is 10.6. The van der Waals surface area contributed by atoms with Crippen LogP contribution in [0.1, 0.15) is 46.0 Å². The average molecular weight is 358 g/mol. The number of carbonyl (C=O) groups excluding carboxylic acids is 2. The summed E-state index contributed by atoms with van der Waals surface area (Å²) in [6, 6.07) is 0. The molecule has 0 bridgehead atoms. The van der Waals surface area contributed by atoms with Crippen LogP contribution in [-0.2, 0) is 9.59 Å². The molecule has 2 N–H and O–H groups in total. The molecule has 4 heteroatoms. The van der Waals surface area contributed by atoms with E-state index >= 15 is 0 Å². The number of carbonyl (C=O) groups is 2. The second kappa shape index (κ2) is 6.13. The van der Waals surface area contributed by atoms with Gasteiger partial charge >= 0.3 is 0 Å². The topological polar surface area (TPSA) is 74.6 Å². The molecule has 0 radical (unpaired) electrons. The monoisotopic (exact) mass is 358 g/mol. The van der Waals surface area contributed by atoms with E-state index in [1.807, 2.05) is 6.08 Å². The molecule has 4 rings (SSSR count). The lowest BCUT2D eigenvalue weighted by molar-refractivity contribution is -0.134. The maximum absolute atomic E-state index is 12.5. The second-order valence-corrected chi connectivity index (χ2v) is 9.43. The summed E-state index contributed by atoms with van der Waals surface area (Å²) >= 11 is 0. The number of allylic oxidation sites excluding steroid dienone is 4. The van der Waals surface area contributed by atoms with E-state index in [1.54, 1.807) is 6.08 Å². The molecule has 3 fully saturated rings. The SMILES string of the molecule is C[C@]12CC[C@H]3[C@@H](CCC4=CC(=O)C=C[C@@]43C)[C@@H]1C[C@H](CO)[C@@H]2C(=O)CO. The van der Waals surface area contributed by atoms with Crippen molar-refractivity contribution >= 4 is 11.6 Å². The van der Waals surface area contributed by atoms with Crippen LogP contribution in [0.5, 0.6) is 0 Å². The molecule has 7 atom stereocenters. The fourth-order valence-electron chi connectivity index (χ4n) is 7.29. The highest BCUT2D eigenvalue weighted by Gasteiger charge is 2.62. The van der Waals surface area contributed by atoms with E-state index < -0.39 is 6.61 Å². The molecular formula is C22H30O4. The Labute approximate surface area is 155 Å². The molecule has 26 heavy (non-hydrogen) atoms. The van der Waals surface area contributed by atoms with Crippen LogP contribution in [0.3, 0.4) is 0 Å². The van der Waals surface area contributed by atoms with Crippen LogP contribution in [0.4, 0.5) is 0 Å². The number of aliphatic hydroxyl groups is 2. The summed E-state index contributed by atoms with van der Waals surface area (Å²) in [6.45, 7) is 4.09. The van der Waals surface area contributed by atoms with Gasteiger partial charge in [-0.1, -0.05) is 25.5 Å². The van der Waals surface area contributed by atoms with Crippen LogP contribution in [0, 0.1) is 40.4 Å². The van der Waals surface area contributed by atoms with Crippen molar-refractivity contribution in [2.45, 2.75) is 46.0 Å². The van der Waals surface area contributed by atoms with Gasteiger partial charge in [0.05, 0.1) is 0 Å². The molecule has 4 aliphatic rings. The van der Waals surface area contributed by atoms with E-state index in [2.05, 4.69) is 19.9 Å². The highest BCUT2D eigenvalue weighted by Crippen LogP contribution is 2.67. The first-order chi connectivity index (χ1) is 12.3. The summed E-state index contributed by atoms with van der Waals surface area (Å²) in [5.41, 5.74) is 1.10. The van der Waals surface area contributed by atoms with Gasteiger partial charge in [0.2, 0.25) is 0 Å². The first kappa shape index (κ1) is 18.1. The maximum atomic E-state index is 12.5. The normalized spacial score (nSPS) is 47.0. The lowest BCUT2D eigenvalue weighted by Crippen LogP contribution is -2.50. The maximum Gasteiger partial charge on any atom is 0.178 e. The Balaban J connectivity index is 1.69. The molecule has 0 aliphatic heterocycles. The summed E-state index contributed by atoms with van der Waals surface area (Å²) in [4.78, 5) is 24.3. The van der Waals surface area contributed by atoms with E-state index in [-0.39, 0.29) is 40.8 Å². The predicted octanol–water partition coefficient (Wildman–Crippen LogP) is 2.69. The number of fused-ring (bicyclic) bond motifs is 5. The van der Waals surface area contributed by atoms with Crippen molar-refractivity contribution in [2.75, 3.05) is 13.2 Å². The summed E-state index contributed by atoms with van der Waals surface area (Å²) in [5, 5.41) is 19.4. The van der Waals surface area contributed by atoms with Crippen molar-refractivity contribution in [2.24, 2.45) is 40.4 Å². The zero-order valence-corrected chi connectivity index (χ0v) is 15.8. The lowest BCUT2D eigenvalue weighted by atomic mass is 9.47. The Bertz CT molecular complexity index is 692. The van der Waals surface area contributed by atoms with E-state index in [9.17, 15) is 19.8 Å². The van der Waals surface area contributed by atoms with Crippen molar-refractivity contribution in [3.05, 3.63) is 23.8 Å². The molecule has 0 heterocycles. The minimum absolute atomic E-state index is 0.0245. The third-order valence-electron chi connectivity index (χ3n) is 8.47. The molecule has 0 aromatic heterocycles. The Morgan fingerprint density at radius 1 is 1.23 bits per heavy atom. The molecule has 0 spiro atoms. The number of aliphatic hydroxyl groups excluding tert-OH is 2. The number of hydrogen-bond acceptors (Lipinski definition) is 4. The van der Waals surface area contributed by atoms with Gasteiger partial charge in [0.25, 0.3) is 0 Å². The lowest BCUT2D eigenvalue weighted by Gasteiger charge is -2.56. The van der Waals surface area contributed by atoms with E-state index in [0.29, 0.717) is 17.8 Å². The van der Waals surface area contributed by atoms with E-state index in [0.717, 1.165) is 32.1 Å². The third-order valence-corrected chi connectivity index (χ3v) is 8.47. The standard InChI is InChI=1S/C22H30O4/c1-21-7-5-15(25)10-14(21)3-4-16-17(21)6-8-22(2)18(16)9-13(11-23)20(22)19(26)12-24/h5,7,10,13,16-18,20,23-24H,3-4,6,8-9,11-12H2,1-2H3/t13-,16-,17+,18+,20-,21+,22+/m1/s1.